The van der Waals surface area contributed by atoms with E-state index in [4.69, 9.17) is 23.2 Å². The molecule has 0 fully saturated rings. The molecule has 0 radical (unpaired) electrons. The van der Waals surface area contributed by atoms with Crippen molar-refractivity contribution in [1.82, 2.24) is 9.55 Å². The Labute approximate surface area is 179 Å². The van der Waals surface area contributed by atoms with Gasteiger partial charge in [0.2, 0.25) is 0 Å². The molecule has 0 aliphatic rings. The van der Waals surface area contributed by atoms with Crippen LogP contribution in [0.3, 0.4) is 0 Å². The van der Waals surface area contributed by atoms with Crippen LogP contribution in [0.5, 0.6) is 0 Å². The van der Waals surface area contributed by atoms with Gasteiger partial charge >= 0.3 is 5.97 Å². The summed E-state index contributed by atoms with van der Waals surface area (Å²) in [5.41, 5.74) is 2.15. The van der Waals surface area contributed by atoms with E-state index in [1.807, 2.05) is 31.2 Å². The number of carbonyl (C=O) groups is 1. The smallest absolute Gasteiger partial charge is 0.337 e. The van der Waals surface area contributed by atoms with Gasteiger partial charge in [0.05, 0.1) is 27.5 Å². The van der Waals surface area contributed by atoms with E-state index in [-0.39, 0.29) is 17.5 Å². The van der Waals surface area contributed by atoms with E-state index in [0.717, 1.165) is 28.0 Å². The van der Waals surface area contributed by atoms with E-state index < -0.39 is 11.5 Å². The van der Waals surface area contributed by atoms with Gasteiger partial charge in [-0.1, -0.05) is 59.1 Å². The van der Waals surface area contributed by atoms with Crippen molar-refractivity contribution >= 4 is 50.7 Å². The Balaban J connectivity index is 1.98. The first-order valence-corrected chi connectivity index (χ1v) is 10.2. The van der Waals surface area contributed by atoms with Gasteiger partial charge in [-0.05, 0) is 24.6 Å². The molecule has 2 aromatic carbocycles. The lowest BCUT2D eigenvalue weighted by molar-refractivity contribution is 0.0699. The summed E-state index contributed by atoms with van der Waals surface area (Å²) in [7, 11) is 0. The second-order valence-corrected chi connectivity index (χ2v) is 8.25. The fourth-order valence-electron chi connectivity index (χ4n) is 3.07. The van der Waals surface area contributed by atoms with Crippen LogP contribution >= 0.6 is 34.5 Å². The molecule has 0 aliphatic heterocycles. The van der Waals surface area contributed by atoms with Crippen LogP contribution in [0.1, 0.15) is 21.5 Å². The fraction of sp³-hybridized carbons (Fsp3) is 0.0952. The molecule has 0 unspecified atom stereocenters. The molecule has 0 amide bonds. The van der Waals surface area contributed by atoms with Gasteiger partial charge in [-0.3, -0.25) is 9.36 Å². The van der Waals surface area contributed by atoms with Crippen molar-refractivity contribution in [3.05, 3.63) is 84.9 Å². The first kappa shape index (κ1) is 19.6. The standard InChI is InChI=1S/C21H14Cl2N2O3S/c1-11-2-5-13(6-3-11)18-24-19-17(14(10-29-19)21(27)28)20(26)25(18)9-12-4-7-15(22)16(23)8-12/h2-8,10H,9H2,1H3,(H,27,28). The van der Waals surface area contributed by atoms with Gasteiger partial charge in [0, 0.05) is 10.9 Å². The van der Waals surface area contributed by atoms with Crippen LogP contribution in [0.2, 0.25) is 10.0 Å². The molecule has 0 aliphatic carbocycles. The van der Waals surface area contributed by atoms with Gasteiger partial charge < -0.3 is 5.11 Å². The number of benzene rings is 2. The molecule has 2 heterocycles. The van der Waals surface area contributed by atoms with Crippen LogP contribution in [0.4, 0.5) is 0 Å². The van der Waals surface area contributed by atoms with Crippen LogP contribution in [0.25, 0.3) is 21.6 Å². The van der Waals surface area contributed by atoms with E-state index in [2.05, 4.69) is 4.98 Å². The van der Waals surface area contributed by atoms with E-state index in [9.17, 15) is 14.7 Å². The third-order valence-electron chi connectivity index (χ3n) is 4.56. The number of carboxylic acids is 1. The van der Waals surface area contributed by atoms with Crippen molar-refractivity contribution in [1.29, 1.82) is 0 Å². The number of rotatable bonds is 4. The summed E-state index contributed by atoms with van der Waals surface area (Å²) >= 11 is 13.3. The minimum Gasteiger partial charge on any atom is -0.478 e. The molecule has 2 aromatic heterocycles. The summed E-state index contributed by atoms with van der Waals surface area (Å²) < 4.78 is 1.48. The molecule has 4 rings (SSSR count). The number of hydrogen-bond acceptors (Lipinski definition) is 4. The highest BCUT2D eigenvalue weighted by atomic mass is 35.5. The Hall–Kier alpha value is -2.67. The Morgan fingerprint density at radius 1 is 1.14 bits per heavy atom. The summed E-state index contributed by atoms with van der Waals surface area (Å²) in [4.78, 5) is 29.9. The highest BCUT2D eigenvalue weighted by Crippen LogP contribution is 2.27. The summed E-state index contributed by atoms with van der Waals surface area (Å²) in [5.74, 6) is -0.688. The summed E-state index contributed by atoms with van der Waals surface area (Å²) in [5, 5.41) is 11.8. The summed E-state index contributed by atoms with van der Waals surface area (Å²) in [6.45, 7) is 2.15. The maximum absolute atomic E-state index is 13.3. The minimum atomic E-state index is -1.15. The molecular formula is C21H14Cl2N2O3S. The normalized spacial score (nSPS) is 11.1. The summed E-state index contributed by atoms with van der Waals surface area (Å²) in [6.07, 6.45) is 0. The van der Waals surface area contributed by atoms with Crippen molar-refractivity contribution in [2.24, 2.45) is 0 Å². The highest BCUT2D eigenvalue weighted by Gasteiger charge is 2.20. The number of aromatic nitrogens is 2. The average molecular weight is 445 g/mol. The largest absolute Gasteiger partial charge is 0.478 e. The maximum Gasteiger partial charge on any atom is 0.337 e. The molecule has 0 spiro atoms. The zero-order chi connectivity index (χ0) is 20.7. The minimum absolute atomic E-state index is 0.0409. The van der Waals surface area contributed by atoms with Gasteiger partial charge in [0.25, 0.3) is 5.56 Å². The van der Waals surface area contributed by atoms with Gasteiger partial charge in [0.1, 0.15) is 10.7 Å². The third-order valence-corrected chi connectivity index (χ3v) is 6.17. The third kappa shape index (κ3) is 3.67. The van der Waals surface area contributed by atoms with E-state index in [1.54, 1.807) is 18.2 Å². The first-order valence-electron chi connectivity index (χ1n) is 8.61. The summed E-state index contributed by atoms with van der Waals surface area (Å²) in [6, 6.07) is 12.8. The molecule has 0 bridgehead atoms. The van der Waals surface area contributed by atoms with Crippen LogP contribution in [0.15, 0.2) is 52.6 Å². The molecule has 1 N–H and O–H groups in total. The Bertz CT molecular complexity index is 1310. The highest BCUT2D eigenvalue weighted by molar-refractivity contribution is 7.17. The quantitative estimate of drug-likeness (QED) is 0.451. The van der Waals surface area contributed by atoms with Gasteiger partial charge in [-0.15, -0.1) is 11.3 Å². The predicted molar refractivity (Wildman–Crippen MR) is 117 cm³/mol. The molecule has 0 saturated carbocycles. The monoisotopic (exact) mass is 444 g/mol. The lowest BCUT2D eigenvalue weighted by Gasteiger charge is -2.14. The van der Waals surface area contributed by atoms with Gasteiger partial charge in [0.15, 0.2) is 0 Å². The van der Waals surface area contributed by atoms with Gasteiger partial charge in [-0.2, -0.15) is 0 Å². The van der Waals surface area contributed by atoms with Crippen molar-refractivity contribution in [2.75, 3.05) is 0 Å². The molecule has 146 valence electrons. The lowest BCUT2D eigenvalue weighted by atomic mass is 10.1. The molecule has 4 aromatic rings. The van der Waals surface area contributed by atoms with Crippen LogP contribution < -0.4 is 5.56 Å². The Morgan fingerprint density at radius 2 is 1.86 bits per heavy atom. The number of carboxylic acid groups (broad SMARTS) is 1. The van der Waals surface area contributed by atoms with Crippen molar-refractivity contribution in [3.8, 4) is 11.4 Å². The maximum atomic E-state index is 13.3. The van der Waals surface area contributed by atoms with Crippen molar-refractivity contribution in [2.45, 2.75) is 13.5 Å². The van der Waals surface area contributed by atoms with E-state index in [1.165, 1.54) is 9.95 Å². The molecule has 8 heteroatoms. The topological polar surface area (TPSA) is 72.2 Å². The SMILES string of the molecule is Cc1ccc(-c2nc3scc(C(=O)O)c3c(=O)n2Cc2ccc(Cl)c(Cl)c2)cc1. The first-order chi connectivity index (χ1) is 13.8. The average Bonchev–Trinajstić information content (AvgIpc) is 3.12. The van der Waals surface area contributed by atoms with Crippen molar-refractivity contribution in [3.63, 3.8) is 0 Å². The number of fused-ring (bicyclic) bond motifs is 1. The van der Waals surface area contributed by atoms with Crippen LogP contribution in [-0.2, 0) is 6.54 Å². The zero-order valence-electron chi connectivity index (χ0n) is 15.1. The second-order valence-electron chi connectivity index (χ2n) is 6.58. The van der Waals surface area contributed by atoms with Crippen LogP contribution in [-0.4, -0.2) is 20.6 Å². The second kappa shape index (κ2) is 7.63. The molecule has 5 nitrogen and oxygen atoms in total. The molecule has 0 atom stereocenters. The van der Waals surface area contributed by atoms with E-state index in [0.29, 0.717) is 20.7 Å². The molecular weight excluding hydrogens is 431 g/mol. The number of halogens is 2. The molecule has 0 saturated heterocycles. The lowest BCUT2D eigenvalue weighted by Crippen LogP contribution is -2.24. The molecule has 29 heavy (non-hydrogen) atoms. The predicted octanol–water partition coefficient (Wildman–Crippen LogP) is 5.49. The number of thiophene rings is 1. The number of aromatic carboxylic acids is 1. The zero-order valence-corrected chi connectivity index (χ0v) is 17.5. The Morgan fingerprint density at radius 3 is 2.52 bits per heavy atom. The fourth-order valence-corrected chi connectivity index (χ4v) is 4.30. The number of hydrogen-bond donors (Lipinski definition) is 1. The Kier molecular flexibility index (Phi) is 5.17. The number of aryl methyl sites for hydroxylation is 1. The number of nitrogens with zero attached hydrogens (tertiary/aromatic N) is 2. The van der Waals surface area contributed by atoms with E-state index >= 15 is 0 Å². The van der Waals surface area contributed by atoms with Gasteiger partial charge in [-0.25, -0.2) is 9.78 Å². The van der Waals surface area contributed by atoms with Crippen LogP contribution in [0, 0.1) is 6.92 Å². The van der Waals surface area contributed by atoms with Crippen molar-refractivity contribution < 1.29 is 9.90 Å².